The van der Waals surface area contributed by atoms with Gasteiger partial charge in [0.15, 0.2) is 0 Å². The number of anilines is 2. The van der Waals surface area contributed by atoms with Crippen molar-refractivity contribution < 1.29 is 0 Å². The second-order valence-corrected chi connectivity index (χ2v) is 5.72. The van der Waals surface area contributed by atoms with Crippen LogP contribution in [0.5, 0.6) is 0 Å². The molecule has 112 valence electrons. The fraction of sp³-hybridized carbons (Fsp3) is 0.368. The fourth-order valence-corrected chi connectivity index (χ4v) is 3.18. The maximum atomic E-state index is 6.04. The maximum Gasteiger partial charge on any atom is 0.0346 e. The Morgan fingerprint density at radius 2 is 1.10 bits per heavy atom. The number of hydrogen-bond acceptors (Lipinski definition) is 2. The van der Waals surface area contributed by atoms with Crippen molar-refractivity contribution in [1.82, 2.24) is 0 Å². The van der Waals surface area contributed by atoms with Gasteiger partial charge >= 0.3 is 0 Å². The molecule has 4 N–H and O–H groups in total. The lowest BCUT2D eigenvalue weighted by Crippen LogP contribution is -2.05. The van der Waals surface area contributed by atoms with Crippen LogP contribution in [0.1, 0.15) is 47.2 Å². The summed E-state index contributed by atoms with van der Waals surface area (Å²) in [5.41, 5.74) is 21.8. The molecule has 0 aromatic heterocycles. The smallest absolute Gasteiger partial charge is 0.0346 e. The molecule has 2 heteroatoms. The highest BCUT2D eigenvalue weighted by Crippen LogP contribution is 2.27. The SMILES string of the molecule is CCc1c(Cc2ccc(N)c(C)c2CC)ccc(N)c1C. The first-order chi connectivity index (χ1) is 9.99. The zero-order valence-corrected chi connectivity index (χ0v) is 13.6. The van der Waals surface area contributed by atoms with E-state index in [2.05, 4.69) is 39.8 Å². The van der Waals surface area contributed by atoms with Crippen LogP contribution in [0.2, 0.25) is 0 Å². The topological polar surface area (TPSA) is 52.0 Å². The van der Waals surface area contributed by atoms with E-state index in [-0.39, 0.29) is 0 Å². The van der Waals surface area contributed by atoms with Crippen LogP contribution in [0, 0.1) is 13.8 Å². The van der Waals surface area contributed by atoms with Gasteiger partial charge in [-0.1, -0.05) is 26.0 Å². The number of rotatable bonds is 4. The number of nitrogen functional groups attached to an aromatic ring is 2. The quantitative estimate of drug-likeness (QED) is 0.826. The molecule has 0 aliphatic carbocycles. The molecule has 0 heterocycles. The van der Waals surface area contributed by atoms with Crippen LogP contribution in [-0.4, -0.2) is 0 Å². The molecule has 0 fully saturated rings. The van der Waals surface area contributed by atoms with Crippen molar-refractivity contribution in [2.75, 3.05) is 11.5 Å². The van der Waals surface area contributed by atoms with E-state index in [9.17, 15) is 0 Å². The van der Waals surface area contributed by atoms with Crippen LogP contribution in [0.3, 0.4) is 0 Å². The summed E-state index contributed by atoms with van der Waals surface area (Å²) < 4.78 is 0. The second-order valence-electron chi connectivity index (χ2n) is 5.72. The number of nitrogens with two attached hydrogens (primary N) is 2. The van der Waals surface area contributed by atoms with E-state index in [0.29, 0.717) is 0 Å². The van der Waals surface area contributed by atoms with Gasteiger partial charge in [-0.3, -0.25) is 0 Å². The number of hydrogen-bond donors (Lipinski definition) is 2. The van der Waals surface area contributed by atoms with E-state index in [4.69, 9.17) is 11.5 Å². The van der Waals surface area contributed by atoms with Gasteiger partial charge in [0, 0.05) is 11.4 Å². The zero-order chi connectivity index (χ0) is 15.6. The highest BCUT2D eigenvalue weighted by molar-refractivity contribution is 5.57. The molecule has 0 unspecified atom stereocenters. The van der Waals surface area contributed by atoms with Crippen molar-refractivity contribution in [2.45, 2.75) is 47.0 Å². The maximum absolute atomic E-state index is 6.04. The van der Waals surface area contributed by atoms with E-state index in [1.807, 2.05) is 12.1 Å². The standard InChI is InChI=1S/C19H26N2/c1-5-16-12(3)18(20)9-7-14(16)11-15-8-10-19(21)13(4)17(15)6-2/h7-10H,5-6,11,20-21H2,1-4H3. The third-order valence-electron chi connectivity index (χ3n) is 4.56. The third kappa shape index (κ3) is 2.90. The van der Waals surface area contributed by atoms with Gasteiger partial charge in [-0.15, -0.1) is 0 Å². The first-order valence-electron chi connectivity index (χ1n) is 7.73. The predicted octanol–water partition coefficient (Wildman–Crippen LogP) is 4.18. The molecule has 2 nitrogen and oxygen atoms in total. The van der Waals surface area contributed by atoms with Crippen molar-refractivity contribution in [2.24, 2.45) is 0 Å². The minimum atomic E-state index is 0.889. The third-order valence-corrected chi connectivity index (χ3v) is 4.56. The molecule has 0 bridgehead atoms. The van der Waals surface area contributed by atoms with Crippen molar-refractivity contribution in [3.63, 3.8) is 0 Å². The molecule has 2 aromatic carbocycles. The van der Waals surface area contributed by atoms with Gasteiger partial charge in [0.25, 0.3) is 0 Å². The first kappa shape index (κ1) is 15.4. The minimum Gasteiger partial charge on any atom is -0.399 e. The summed E-state index contributed by atoms with van der Waals surface area (Å²) in [6.07, 6.45) is 2.98. The lowest BCUT2D eigenvalue weighted by molar-refractivity contribution is 1.00. The Balaban J connectivity index is 2.48. The Morgan fingerprint density at radius 3 is 1.43 bits per heavy atom. The molecular formula is C19H26N2. The van der Waals surface area contributed by atoms with Crippen LogP contribution in [-0.2, 0) is 19.3 Å². The molecule has 0 aliphatic rings. The summed E-state index contributed by atoms with van der Waals surface area (Å²) >= 11 is 0. The highest BCUT2D eigenvalue weighted by atomic mass is 14.6. The van der Waals surface area contributed by atoms with Crippen LogP contribution >= 0.6 is 0 Å². The lowest BCUT2D eigenvalue weighted by Gasteiger charge is -2.17. The largest absolute Gasteiger partial charge is 0.399 e. The molecule has 0 radical (unpaired) electrons. The van der Waals surface area contributed by atoms with Gasteiger partial charge in [-0.25, -0.2) is 0 Å². The zero-order valence-electron chi connectivity index (χ0n) is 13.6. The summed E-state index contributed by atoms with van der Waals surface area (Å²) in [5.74, 6) is 0. The van der Waals surface area contributed by atoms with Crippen LogP contribution in [0.25, 0.3) is 0 Å². The van der Waals surface area contributed by atoms with Crippen molar-refractivity contribution in [1.29, 1.82) is 0 Å². The van der Waals surface area contributed by atoms with Crippen molar-refractivity contribution in [3.05, 3.63) is 57.6 Å². The lowest BCUT2D eigenvalue weighted by atomic mass is 9.89. The van der Waals surface area contributed by atoms with Gasteiger partial charge in [0.2, 0.25) is 0 Å². The van der Waals surface area contributed by atoms with E-state index < -0.39 is 0 Å². The molecule has 0 spiro atoms. The van der Waals surface area contributed by atoms with Crippen LogP contribution in [0.15, 0.2) is 24.3 Å². The normalized spacial score (nSPS) is 10.9. The molecule has 2 rings (SSSR count). The summed E-state index contributed by atoms with van der Waals surface area (Å²) in [7, 11) is 0. The van der Waals surface area contributed by atoms with E-state index in [1.165, 1.54) is 33.4 Å². The summed E-state index contributed by atoms with van der Waals surface area (Å²) in [6, 6.07) is 8.40. The van der Waals surface area contributed by atoms with Crippen LogP contribution < -0.4 is 11.5 Å². The molecule has 2 aromatic rings. The molecule has 0 saturated carbocycles. The van der Waals surface area contributed by atoms with Crippen molar-refractivity contribution >= 4 is 11.4 Å². The van der Waals surface area contributed by atoms with Gasteiger partial charge in [0.1, 0.15) is 0 Å². The summed E-state index contributed by atoms with van der Waals surface area (Å²) in [6.45, 7) is 8.62. The number of benzene rings is 2. The fourth-order valence-electron chi connectivity index (χ4n) is 3.18. The van der Waals surface area contributed by atoms with Crippen molar-refractivity contribution in [3.8, 4) is 0 Å². The summed E-state index contributed by atoms with van der Waals surface area (Å²) in [4.78, 5) is 0. The van der Waals surface area contributed by atoms with Crippen LogP contribution in [0.4, 0.5) is 11.4 Å². The Morgan fingerprint density at radius 1 is 0.714 bits per heavy atom. The van der Waals surface area contributed by atoms with Gasteiger partial charge in [-0.2, -0.15) is 0 Å². The molecule has 0 saturated heterocycles. The Labute approximate surface area is 128 Å². The first-order valence-corrected chi connectivity index (χ1v) is 7.73. The second kappa shape index (κ2) is 6.21. The Hall–Kier alpha value is -1.96. The predicted molar refractivity (Wildman–Crippen MR) is 92.7 cm³/mol. The monoisotopic (exact) mass is 282 g/mol. The Kier molecular flexibility index (Phi) is 4.56. The molecule has 0 atom stereocenters. The molecule has 0 amide bonds. The van der Waals surface area contributed by atoms with E-state index in [0.717, 1.165) is 30.6 Å². The molecule has 0 aliphatic heterocycles. The van der Waals surface area contributed by atoms with Gasteiger partial charge < -0.3 is 11.5 Å². The summed E-state index contributed by atoms with van der Waals surface area (Å²) in [5, 5.41) is 0. The minimum absolute atomic E-state index is 0.889. The average molecular weight is 282 g/mol. The average Bonchev–Trinajstić information content (AvgIpc) is 2.47. The molecular weight excluding hydrogens is 256 g/mol. The van der Waals surface area contributed by atoms with Gasteiger partial charge in [0.05, 0.1) is 0 Å². The highest BCUT2D eigenvalue weighted by Gasteiger charge is 2.11. The van der Waals surface area contributed by atoms with E-state index in [1.54, 1.807) is 0 Å². The molecule has 21 heavy (non-hydrogen) atoms. The van der Waals surface area contributed by atoms with E-state index >= 15 is 0 Å². The Bertz CT molecular complexity index is 600. The van der Waals surface area contributed by atoms with Gasteiger partial charge in [-0.05, 0) is 78.6 Å².